The van der Waals surface area contributed by atoms with Crippen LogP contribution in [0.15, 0.2) is 42.5 Å². The van der Waals surface area contributed by atoms with E-state index in [0.29, 0.717) is 28.6 Å². The standard InChI is InChI=1S/C20H21N3O5S/c1-12-20(26)23-16-9-14(5-8-17(16)28-12)22-19(25)11-29-10-18(24)21-13-3-6-15(27-2)7-4-13/h3-9,12H,10-11H2,1-2H3,(H,21,24)(H,22,25)(H,23,26)/t12-/m1/s1. The van der Waals surface area contributed by atoms with Crippen molar-refractivity contribution in [1.29, 1.82) is 0 Å². The third kappa shape index (κ3) is 5.64. The van der Waals surface area contributed by atoms with Crippen LogP contribution in [0, 0.1) is 0 Å². The van der Waals surface area contributed by atoms with Gasteiger partial charge in [0.25, 0.3) is 5.91 Å². The van der Waals surface area contributed by atoms with Crippen LogP contribution in [0.25, 0.3) is 0 Å². The molecule has 2 aromatic carbocycles. The topological polar surface area (TPSA) is 106 Å². The number of amides is 3. The van der Waals surface area contributed by atoms with Gasteiger partial charge in [0.15, 0.2) is 6.10 Å². The Balaban J connectivity index is 1.43. The van der Waals surface area contributed by atoms with E-state index in [1.165, 1.54) is 11.8 Å². The van der Waals surface area contributed by atoms with Crippen molar-refractivity contribution in [3.63, 3.8) is 0 Å². The average molecular weight is 415 g/mol. The maximum atomic E-state index is 12.1. The van der Waals surface area contributed by atoms with Crippen LogP contribution in [-0.4, -0.2) is 42.4 Å². The van der Waals surface area contributed by atoms with E-state index in [0.717, 1.165) is 0 Å². The fourth-order valence-corrected chi connectivity index (χ4v) is 3.21. The monoisotopic (exact) mass is 415 g/mol. The van der Waals surface area contributed by atoms with Crippen LogP contribution in [0.2, 0.25) is 0 Å². The fourth-order valence-electron chi connectivity index (χ4n) is 2.59. The third-order valence-electron chi connectivity index (χ3n) is 4.03. The van der Waals surface area contributed by atoms with Crippen molar-refractivity contribution in [1.82, 2.24) is 0 Å². The molecule has 0 fully saturated rings. The number of anilines is 3. The number of benzene rings is 2. The number of hydrogen-bond donors (Lipinski definition) is 3. The van der Waals surface area contributed by atoms with Crippen molar-refractivity contribution in [2.45, 2.75) is 13.0 Å². The summed E-state index contributed by atoms with van der Waals surface area (Å²) < 4.78 is 10.5. The molecule has 3 amide bonds. The van der Waals surface area contributed by atoms with Gasteiger partial charge >= 0.3 is 0 Å². The van der Waals surface area contributed by atoms with Crippen molar-refractivity contribution in [3.8, 4) is 11.5 Å². The molecule has 0 unspecified atom stereocenters. The van der Waals surface area contributed by atoms with Crippen LogP contribution in [0.4, 0.5) is 17.1 Å². The van der Waals surface area contributed by atoms with Crippen LogP contribution >= 0.6 is 11.8 Å². The Morgan fingerprint density at radius 1 is 1.07 bits per heavy atom. The molecule has 1 aliphatic heterocycles. The maximum absolute atomic E-state index is 12.1. The lowest BCUT2D eigenvalue weighted by Gasteiger charge is -2.23. The number of thioether (sulfide) groups is 1. The molecule has 1 atom stereocenters. The minimum Gasteiger partial charge on any atom is -0.497 e. The largest absolute Gasteiger partial charge is 0.497 e. The molecule has 0 aromatic heterocycles. The molecule has 3 N–H and O–H groups in total. The summed E-state index contributed by atoms with van der Waals surface area (Å²) in [6, 6.07) is 12.0. The number of fused-ring (bicyclic) bond motifs is 1. The van der Waals surface area contributed by atoms with Crippen molar-refractivity contribution in [2.24, 2.45) is 0 Å². The molecule has 3 rings (SSSR count). The number of rotatable bonds is 7. The summed E-state index contributed by atoms with van der Waals surface area (Å²) in [6.07, 6.45) is -0.552. The molecule has 2 aromatic rings. The minimum absolute atomic E-state index is 0.118. The SMILES string of the molecule is COc1ccc(NC(=O)CSCC(=O)Nc2ccc3c(c2)NC(=O)[C@@H](C)O3)cc1. The molecule has 0 bridgehead atoms. The van der Waals surface area contributed by atoms with E-state index in [4.69, 9.17) is 9.47 Å². The van der Waals surface area contributed by atoms with Crippen molar-refractivity contribution in [3.05, 3.63) is 42.5 Å². The van der Waals surface area contributed by atoms with Gasteiger partial charge in [-0.3, -0.25) is 14.4 Å². The first-order valence-corrected chi connectivity index (χ1v) is 10.0. The van der Waals surface area contributed by atoms with Crippen LogP contribution in [0.5, 0.6) is 11.5 Å². The lowest BCUT2D eigenvalue weighted by atomic mass is 10.2. The van der Waals surface area contributed by atoms with E-state index < -0.39 is 6.10 Å². The zero-order valence-corrected chi connectivity index (χ0v) is 16.8. The van der Waals surface area contributed by atoms with Gasteiger partial charge < -0.3 is 25.4 Å². The van der Waals surface area contributed by atoms with Crippen LogP contribution < -0.4 is 25.4 Å². The molecule has 8 nitrogen and oxygen atoms in total. The van der Waals surface area contributed by atoms with E-state index in [9.17, 15) is 14.4 Å². The molecule has 1 aliphatic rings. The normalized spacial score (nSPS) is 14.8. The number of carbonyl (C=O) groups is 3. The van der Waals surface area contributed by atoms with Gasteiger partial charge in [0.1, 0.15) is 11.5 Å². The van der Waals surface area contributed by atoms with E-state index in [1.54, 1.807) is 56.5 Å². The molecular formula is C20H21N3O5S. The summed E-state index contributed by atoms with van der Waals surface area (Å²) >= 11 is 1.20. The van der Waals surface area contributed by atoms with Crippen molar-refractivity contribution >= 4 is 46.5 Å². The van der Waals surface area contributed by atoms with Gasteiger partial charge in [-0.25, -0.2) is 0 Å². The Morgan fingerprint density at radius 2 is 1.69 bits per heavy atom. The second kappa shape index (κ2) is 9.33. The molecule has 0 saturated heterocycles. The number of ether oxygens (including phenoxy) is 2. The molecule has 9 heteroatoms. The highest BCUT2D eigenvalue weighted by Crippen LogP contribution is 2.32. The molecule has 0 aliphatic carbocycles. The van der Waals surface area contributed by atoms with E-state index >= 15 is 0 Å². The van der Waals surface area contributed by atoms with E-state index in [2.05, 4.69) is 16.0 Å². The third-order valence-corrected chi connectivity index (χ3v) is 4.97. The number of nitrogens with one attached hydrogen (secondary N) is 3. The molecular weight excluding hydrogens is 394 g/mol. The van der Waals surface area contributed by atoms with Gasteiger partial charge in [0, 0.05) is 11.4 Å². The van der Waals surface area contributed by atoms with Gasteiger partial charge in [-0.1, -0.05) is 0 Å². The predicted molar refractivity (Wildman–Crippen MR) is 113 cm³/mol. The van der Waals surface area contributed by atoms with Crippen LogP contribution in [-0.2, 0) is 14.4 Å². The maximum Gasteiger partial charge on any atom is 0.265 e. The second-order valence-corrected chi connectivity index (χ2v) is 7.26. The van der Waals surface area contributed by atoms with Gasteiger partial charge in [0.05, 0.1) is 24.3 Å². The summed E-state index contributed by atoms with van der Waals surface area (Å²) in [4.78, 5) is 35.8. The van der Waals surface area contributed by atoms with Gasteiger partial charge in [-0.05, 0) is 49.4 Å². The van der Waals surface area contributed by atoms with Crippen LogP contribution in [0.1, 0.15) is 6.92 Å². The second-order valence-electron chi connectivity index (χ2n) is 6.28. The molecule has 152 valence electrons. The molecule has 0 radical (unpaired) electrons. The Bertz CT molecular complexity index is 917. The summed E-state index contributed by atoms with van der Waals surface area (Å²) in [5, 5.41) is 8.23. The smallest absolute Gasteiger partial charge is 0.265 e. The van der Waals surface area contributed by atoms with Crippen molar-refractivity contribution < 1.29 is 23.9 Å². The highest BCUT2D eigenvalue weighted by Gasteiger charge is 2.23. The first-order valence-electron chi connectivity index (χ1n) is 8.87. The minimum atomic E-state index is -0.552. The molecule has 1 heterocycles. The Labute approximate surface area is 172 Å². The lowest BCUT2D eigenvalue weighted by molar-refractivity contribution is -0.122. The zero-order chi connectivity index (χ0) is 20.8. The highest BCUT2D eigenvalue weighted by molar-refractivity contribution is 8.00. The molecule has 0 spiro atoms. The highest BCUT2D eigenvalue weighted by atomic mass is 32.2. The average Bonchev–Trinajstić information content (AvgIpc) is 2.69. The lowest BCUT2D eigenvalue weighted by Crippen LogP contribution is -2.34. The Hall–Kier alpha value is -3.20. The van der Waals surface area contributed by atoms with Crippen molar-refractivity contribution in [2.75, 3.05) is 34.6 Å². The van der Waals surface area contributed by atoms with Gasteiger partial charge in [-0.2, -0.15) is 0 Å². The van der Waals surface area contributed by atoms with Gasteiger partial charge in [-0.15, -0.1) is 11.8 Å². The first kappa shape index (κ1) is 20.5. The quantitative estimate of drug-likeness (QED) is 0.642. The Morgan fingerprint density at radius 3 is 2.34 bits per heavy atom. The molecule has 29 heavy (non-hydrogen) atoms. The van der Waals surface area contributed by atoms with E-state index in [-0.39, 0.29) is 29.2 Å². The van der Waals surface area contributed by atoms with Gasteiger partial charge in [0.2, 0.25) is 11.8 Å². The summed E-state index contributed by atoms with van der Waals surface area (Å²) in [5.74, 6) is 0.841. The summed E-state index contributed by atoms with van der Waals surface area (Å²) in [7, 11) is 1.57. The fraction of sp³-hybridized carbons (Fsp3) is 0.250. The van der Waals surface area contributed by atoms with E-state index in [1.807, 2.05) is 0 Å². The Kier molecular flexibility index (Phi) is 6.61. The van der Waals surface area contributed by atoms with Crippen LogP contribution in [0.3, 0.4) is 0 Å². The molecule has 0 saturated carbocycles. The first-order chi connectivity index (χ1) is 13.9. The number of hydrogen-bond acceptors (Lipinski definition) is 6. The number of methoxy groups -OCH3 is 1. The summed E-state index contributed by atoms with van der Waals surface area (Å²) in [6.45, 7) is 1.66. The number of carbonyl (C=O) groups excluding carboxylic acids is 3. The predicted octanol–water partition coefficient (Wildman–Crippen LogP) is 2.73. The zero-order valence-electron chi connectivity index (χ0n) is 16.0. The summed E-state index contributed by atoms with van der Waals surface area (Å²) in [5.41, 5.74) is 1.71.